The van der Waals surface area contributed by atoms with Crippen LogP contribution in [-0.4, -0.2) is 37.8 Å². The molecule has 0 saturated carbocycles. The number of Topliss-reactive ketones (excluding diaryl/α,β-unsaturated/α-hetero) is 1. The van der Waals surface area contributed by atoms with Gasteiger partial charge in [0.1, 0.15) is 11.5 Å². The summed E-state index contributed by atoms with van der Waals surface area (Å²) in [4.78, 5) is 24.0. The molecule has 24 heavy (non-hydrogen) atoms. The molecular weight excluding hydrogens is 318 g/mol. The number of hydrogen-bond donors (Lipinski definition) is 2. The van der Waals surface area contributed by atoms with Crippen molar-refractivity contribution in [2.45, 2.75) is 19.4 Å². The van der Waals surface area contributed by atoms with E-state index in [2.05, 4.69) is 5.32 Å². The predicted octanol–water partition coefficient (Wildman–Crippen LogP) is 1.99. The summed E-state index contributed by atoms with van der Waals surface area (Å²) in [5.74, 6) is -0.846. The van der Waals surface area contributed by atoms with Crippen molar-refractivity contribution in [2.24, 2.45) is 0 Å². The Morgan fingerprint density at radius 3 is 2.33 bits per heavy atom. The van der Waals surface area contributed by atoms with E-state index in [1.807, 2.05) is 0 Å². The number of benzene rings is 1. The van der Waals surface area contributed by atoms with Crippen LogP contribution in [0.15, 0.2) is 29.8 Å². The maximum atomic E-state index is 12.5. The van der Waals surface area contributed by atoms with Gasteiger partial charge in [0, 0.05) is 11.6 Å². The molecule has 1 amide bonds. The second-order valence-electron chi connectivity index (χ2n) is 5.09. The number of amides is 1. The fourth-order valence-electron chi connectivity index (χ4n) is 2.25. The standard InChI is InChI=1S/C16H19NO7/c1-5-23-15(20)17-14-12(18)13(19)16(2,24-14)9-6-10(21-3)8-11(7-9)22-4/h6-8,18H,5H2,1-4H3,(H,17,20). The van der Waals surface area contributed by atoms with Gasteiger partial charge < -0.3 is 24.1 Å². The van der Waals surface area contributed by atoms with Gasteiger partial charge in [-0.3, -0.25) is 10.1 Å². The molecule has 0 radical (unpaired) electrons. The minimum Gasteiger partial charge on any atom is -0.501 e. The van der Waals surface area contributed by atoms with Crippen molar-refractivity contribution in [3.05, 3.63) is 35.4 Å². The number of methoxy groups -OCH3 is 2. The van der Waals surface area contributed by atoms with Crippen LogP contribution in [0.2, 0.25) is 0 Å². The highest BCUT2D eigenvalue weighted by molar-refractivity contribution is 6.03. The van der Waals surface area contributed by atoms with Crippen molar-refractivity contribution in [2.75, 3.05) is 20.8 Å². The highest BCUT2D eigenvalue weighted by atomic mass is 16.6. The normalized spacial score (nSPS) is 19.8. The zero-order chi connectivity index (χ0) is 17.9. The van der Waals surface area contributed by atoms with E-state index in [9.17, 15) is 14.7 Å². The maximum Gasteiger partial charge on any atom is 0.414 e. The molecule has 0 fully saturated rings. The lowest BCUT2D eigenvalue weighted by molar-refractivity contribution is -0.131. The van der Waals surface area contributed by atoms with Crippen LogP contribution in [0.3, 0.4) is 0 Å². The maximum absolute atomic E-state index is 12.5. The van der Waals surface area contributed by atoms with Crippen LogP contribution in [-0.2, 0) is 19.9 Å². The molecule has 1 aliphatic rings. The Kier molecular flexibility index (Phi) is 4.87. The quantitative estimate of drug-likeness (QED) is 0.847. The first kappa shape index (κ1) is 17.5. The van der Waals surface area contributed by atoms with Gasteiger partial charge in [0.25, 0.3) is 5.78 Å². The van der Waals surface area contributed by atoms with Gasteiger partial charge in [0.15, 0.2) is 5.60 Å². The van der Waals surface area contributed by atoms with E-state index in [0.29, 0.717) is 17.1 Å². The first-order valence-corrected chi connectivity index (χ1v) is 7.20. The number of alkyl carbamates (subject to hydrolysis) is 1. The van der Waals surface area contributed by atoms with Crippen molar-refractivity contribution in [1.29, 1.82) is 0 Å². The molecule has 130 valence electrons. The molecule has 0 aromatic heterocycles. The summed E-state index contributed by atoms with van der Waals surface area (Å²) < 4.78 is 20.6. The number of hydrogen-bond acceptors (Lipinski definition) is 7. The summed E-state index contributed by atoms with van der Waals surface area (Å²) in [6.07, 6.45) is -0.834. The van der Waals surface area contributed by atoms with Crippen molar-refractivity contribution >= 4 is 11.9 Å². The van der Waals surface area contributed by atoms with Crippen molar-refractivity contribution in [1.82, 2.24) is 5.32 Å². The summed E-state index contributed by atoms with van der Waals surface area (Å²) >= 11 is 0. The summed E-state index contributed by atoms with van der Waals surface area (Å²) in [5.41, 5.74) is -1.14. The van der Waals surface area contributed by atoms with E-state index < -0.39 is 23.2 Å². The Balaban J connectivity index is 2.35. The Morgan fingerprint density at radius 2 is 1.83 bits per heavy atom. The lowest BCUT2D eigenvalue weighted by Crippen LogP contribution is -2.32. The largest absolute Gasteiger partial charge is 0.501 e. The van der Waals surface area contributed by atoms with Crippen LogP contribution in [0.4, 0.5) is 4.79 Å². The van der Waals surface area contributed by atoms with E-state index >= 15 is 0 Å². The van der Waals surface area contributed by atoms with Gasteiger partial charge in [-0.1, -0.05) is 0 Å². The molecule has 2 rings (SSSR count). The molecule has 0 bridgehead atoms. The molecule has 1 aromatic carbocycles. The second-order valence-corrected chi connectivity index (χ2v) is 5.09. The Bertz CT molecular complexity index is 675. The van der Waals surface area contributed by atoms with Crippen molar-refractivity contribution < 1.29 is 33.6 Å². The Labute approximate surface area is 139 Å². The van der Waals surface area contributed by atoms with Gasteiger partial charge in [0.2, 0.25) is 11.6 Å². The number of carbonyl (C=O) groups excluding carboxylic acids is 2. The predicted molar refractivity (Wildman–Crippen MR) is 82.8 cm³/mol. The van der Waals surface area contributed by atoms with Crippen molar-refractivity contribution in [3.8, 4) is 11.5 Å². The minimum atomic E-state index is -1.54. The second kappa shape index (κ2) is 6.69. The average molecular weight is 337 g/mol. The molecule has 1 aliphatic heterocycles. The Morgan fingerprint density at radius 1 is 1.25 bits per heavy atom. The third-order valence-corrected chi connectivity index (χ3v) is 3.56. The highest BCUT2D eigenvalue weighted by Crippen LogP contribution is 2.39. The third kappa shape index (κ3) is 3.08. The Hall–Kier alpha value is -2.90. The average Bonchev–Trinajstić information content (AvgIpc) is 2.79. The van der Waals surface area contributed by atoms with Crippen LogP contribution in [0, 0.1) is 0 Å². The van der Waals surface area contributed by atoms with E-state index in [1.54, 1.807) is 25.1 Å². The molecule has 2 N–H and O–H groups in total. The number of aliphatic hydroxyl groups is 1. The van der Waals surface area contributed by atoms with Gasteiger partial charge in [-0.15, -0.1) is 0 Å². The number of ketones is 1. The molecule has 1 heterocycles. The first-order chi connectivity index (χ1) is 11.3. The topological polar surface area (TPSA) is 103 Å². The molecule has 0 spiro atoms. The van der Waals surface area contributed by atoms with Crippen LogP contribution in [0.5, 0.6) is 11.5 Å². The first-order valence-electron chi connectivity index (χ1n) is 7.20. The van der Waals surface area contributed by atoms with E-state index in [-0.39, 0.29) is 12.5 Å². The number of ether oxygens (including phenoxy) is 4. The summed E-state index contributed by atoms with van der Waals surface area (Å²) in [5, 5.41) is 12.2. The van der Waals surface area contributed by atoms with Gasteiger partial charge in [0.05, 0.1) is 20.8 Å². The van der Waals surface area contributed by atoms with E-state index in [1.165, 1.54) is 21.1 Å². The number of carbonyl (C=O) groups is 2. The lowest BCUT2D eigenvalue weighted by Gasteiger charge is -2.24. The van der Waals surface area contributed by atoms with E-state index in [0.717, 1.165) is 0 Å². The fraction of sp³-hybridized carbons (Fsp3) is 0.375. The molecule has 0 saturated heterocycles. The van der Waals surface area contributed by atoms with Crippen molar-refractivity contribution in [3.63, 3.8) is 0 Å². The zero-order valence-corrected chi connectivity index (χ0v) is 13.8. The van der Waals surface area contributed by atoms with E-state index in [4.69, 9.17) is 18.9 Å². The molecule has 0 aliphatic carbocycles. The highest BCUT2D eigenvalue weighted by Gasteiger charge is 2.48. The molecule has 8 nitrogen and oxygen atoms in total. The number of rotatable bonds is 5. The van der Waals surface area contributed by atoms with Crippen LogP contribution in [0.25, 0.3) is 0 Å². The number of nitrogens with one attached hydrogen (secondary N) is 1. The lowest BCUT2D eigenvalue weighted by atomic mass is 9.91. The van der Waals surface area contributed by atoms with Crippen LogP contribution < -0.4 is 14.8 Å². The number of aliphatic hydroxyl groups excluding tert-OH is 1. The van der Waals surface area contributed by atoms with Crippen LogP contribution in [0.1, 0.15) is 19.4 Å². The molecule has 1 aromatic rings. The SMILES string of the molecule is CCOC(=O)NC1=C(O)C(=O)C(C)(c2cc(OC)cc(OC)c2)O1. The summed E-state index contributed by atoms with van der Waals surface area (Å²) in [6.45, 7) is 3.24. The monoisotopic (exact) mass is 337 g/mol. The van der Waals surface area contributed by atoms with Crippen LogP contribution >= 0.6 is 0 Å². The molecule has 1 unspecified atom stereocenters. The molecule has 1 atom stereocenters. The third-order valence-electron chi connectivity index (χ3n) is 3.56. The smallest absolute Gasteiger partial charge is 0.414 e. The zero-order valence-electron chi connectivity index (χ0n) is 13.8. The van der Waals surface area contributed by atoms with Gasteiger partial charge in [-0.2, -0.15) is 0 Å². The summed E-state index contributed by atoms with van der Waals surface area (Å²) in [6, 6.07) is 4.80. The van der Waals surface area contributed by atoms with Gasteiger partial charge in [-0.25, -0.2) is 4.79 Å². The fourth-order valence-corrected chi connectivity index (χ4v) is 2.25. The summed E-state index contributed by atoms with van der Waals surface area (Å²) in [7, 11) is 2.95. The molecule has 8 heteroatoms. The van der Waals surface area contributed by atoms with Gasteiger partial charge >= 0.3 is 6.09 Å². The molecular formula is C16H19NO7. The minimum absolute atomic E-state index is 0.137. The van der Waals surface area contributed by atoms with Gasteiger partial charge in [-0.05, 0) is 26.0 Å².